The number of hydrogen-bond acceptors (Lipinski definition) is 3. The first-order valence-electron chi connectivity index (χ1n) is 6.00. The third-order valence-corrected chi connectivity index (χ3v) is 2.43. The molecule has 0 spiro atoms. The maximum atomic E-state index is 11.5. The highest BCUT2D eigenvalue weighted by Gasteiger charge is 2.06. The van der Waals surface area contributed by atoms with Crippen molar-refractivity contribution in [1.29, 1.82) is 0 Å². The minimum absolute atomic E-state index is 0.104. The summed E-state index contributed by atoms with van der Waals surface area (Å²) in [5, 5.41) is 3.57. The number of aromatic nitrogens is 1. The van der Waals surface area contributed by atoms with Gasteiger partial charge >= 0.3 is 5.97 Å². The van der Waals surface area contributed by atoms with Crippen molar-refractivity contribution < 1.29 is 14.6 Å². The van der Waals surface area contributed by atoms with Gasteiger partial charge in [0.25, 0.3) is 0 Å². The first-order chi connectivity index (χ1) is 9.75. The molecule has 0 saturated heterocycles. The minimum atomic E-state index is -0.590. The summed E-state index contributed by atoms with van der Waals surface area (Å²) in [6.45, 7) is 0. The van der Waals surface area contributed by atoms with Gasteiger partial charge in [0.2, 0.25) is 11.5 Å². The van der Waals surface area contributed by atoms with Crippen LogP contribution in [0, 0.1) is 0 Å². The summed E-state index contributed by atoms with van der Waals surface area (Å²) >= 11 is 0. The van der Waals surface area contributed by atoms with E-state index in [2.05, 4.69) is 10.1 Å². The molecule has 1 heterocycles. The van der Waals surface area contributed by atoms with Crippen LogP contribution in [0.5, 0.6) is 0 Å². The van der Waals surface area contributed by atoms with Gasteiger partial charge < -0.3 is 10.6 Å². The Kier molecular flexibility index (Phi) is 4.61. The number of pyridine rings is 1. The number of oxime groups is 1. The lowest BCUT2D eigenvalue weighted by molar-refractivity contribution is -0.380. The van der Waals surface area contributed by atoms with E-state index in [4.69, 9.17) is 10.6 Å². The van der Waals surface area contributed by atoms with E-state index in [1.54, 1.807) is 24.4 Å². The van der Waals surface area contributed by atoms with E-state index in [0.29, 0.717) is 5.69 Å². The molecule has 0 saturated carbocycles. The summed E-state index contributed by atoms with van der Waals surface area (Å²) in [5.74, 6) is -0.486. The van der Waals surface area contributed by atoms with Gasteiger partial charge in [-0.15, -0.1) is 0 Å². The zero-order chi connectivity index (χ0) is 14.2. The fourth-order valence-electron chi connectivity index (χ4n) is 1.45. The Morgan fingerprint density at radius 2 is 1.90 bits per heavy atom. The summed E-state index contributed by atoms with van der Waals surface area (Å²) < 4.78 is 0. The Labute approximate surface area is 116 Å². The first-order valence-corrected chi connectivity index (χ1v) is 6.00. The van der Waals surface area contributed by atoms with Crippen LogP contribution in [0.25, 0.3) is 6.08 Å². The molecule has 0 radical (unpaired) electrons. The van der Waals surface area contributed by atoms with Crippen molar-refractivity contribution in [2.45, 2.75) is 0 Å². The Hall–Kier alpha value is -2.95. The molecule has 0 amide bonds. The normalized spacial score (nSPS) is 11.5. The lowest BCUT2D eigenvalue weighted by Gasteiger charge is -1.94. The molecule has 0 aliphatic heterocycles. The third kappa shape index (κ3) is 4.06. The lowest BCUT2D eigenvalue weighted by atomic mass is 10.2. The second-order valence-corrected chi connectivity index (χ2v) is 3.91. The zero-order valence-corrected chi connectivity index (χ0v) is 10.7. The number of carbonyl (C=O) groups excluding carboxylic acids is 1. The molecule has 1 aromatic carbocycles. The highest BCUT2D eigenvalue weighted by molar-refractivity contribution is 5.95. The number of nitrogens with two attached hydrogens (primary N) is 1. The van der Waals surface area contributed by atoms with E-state index in [1.165, 1.54) is 6.08 Å². The van der Waals surface area contributed by atoms with E-state index in [-0.39, 0.29) is 5.84 Å². The number of carbonyl (C=O) groups is 1. The fourth-order valence-corrected chi connectivity index (χ4v) is 1.45. The number of nitrogens with one attached hydrogen (secondary N) is 1. The molecular formula is C15H14N3O2+. The largest absolute Gasteiger partial charge is 0.375 e. The maximum Gasteiger partial charge on any atom is 0.358 e. The van der Waals surface area contributed by atoms with E-state index < -0.39 is 5.97 Å². The zero-order valence-electron chi connectivity index (χ0n) is 10.7. The van der Waals surface area contributed by atoms with Gasteiger partial charge in [0, 0.05) is 18.2 Å². The molecule has 20 heavy (non-hydrogen) atoms. The van der Waals surface area contributed by atoms with Gasteiger partial charge in [0.15, 0.2) is 6.20 Å². The predicted octanol–water partition coefficient (Wildman–Crippen LogP) is 1.38. The maximum absolute atomic E-state index is 11.5. The number of aromatic amines is 1. The van der Waals surface area contributed by atoms with Gasteiger partial charge in [0.05, 0.1) is 0 Å². The average molecular weight is 268 g/mol. The molecule has 0 aliphatic rings. The van der Waals surface area contributed by atoms with Gasteiger partial charge in [-0.1, -0.05) is 35.5 Å². The molecule has 2 aromatic rings. The standard InChI is InChI=1S/C15H13N3O2/c16-15(13-8-4-5-11-17-13)18-20-14(19)10-9-12-6-2-1-3-7-12/h1-11H,(H2,16,18)/p+1. The minimum Gasteiger partial charge on any atom is -0.375 e. The predicted molar refractivity (Wildman–Crippen MR) is 75.3 cm³/mol. The Morgan fingerprint density at radius 1 is 1.15 bits per heavy atom. The molecule has 5 heteroatoms. The van der Waals surface area contributed by atoms with Crippen molar-refractivity contribution in [1.82, 2.24) is 0 Å². The summed E-state index contributed by atoms with van der Waals surface area (Å²) in [7, 11) is 0. The van der Waals surface area contributed by atoms with Crippen LogP contribution in [-0.4, -0.2) is 11.8 Å². The molecule has 1 aromatic heterocycles. The highest BCUT2D eigenvalue weighted by Crippen LogP contribution is 2.01. The molecule has 0 aliphatic carbocycles. The molecule has 0 unspecified atom stereocenters. The molecular weight excluding hydrogens is 254 g/mol. The van der Waals surface area contributed by atoms with E-state index in [1.807, 2.05) is 36.4 Å². The van der Waals surface area contributed by atoms with Gasteiger partial charge in [-0.3, -0.25) is 0 Å². The number of benzene rings is 1. The van der Waals surface area contributed by atoms with Crippen LogP contribution in [0.1, 0.15) is 11.3 Å². The Morgan fingerprint density at radius 3 is 2.60 bits per heavy atom. The van der Waals surface area contributed by atoms with Crippen molar-refractivity contribution >= 4 is 17.9 Å². The van der Waals surface area contributed by atoms with Gasteiger partial charge in [-0.05, 0) is 17.7 Å². The van der Waals surface area contributed by atoms with Crippen molar-refractivity contribution in [2.75, 3.05) is 0 Å². The van der Waals surface area contributed by atoms with Crippen molar-refractivity contribution in [3.05, 3.63) is 72.1 Å². The average Bonchev–Trinajstić information content (AvgIpc) is 2.52. The molecule has 2 rings (SSSR count). The number of nitrogens with zero attached hydrogens (tertiary/aromatic N) is 1. The van der Waals surface area contributed by atoms with Crippen LogP contribution in [0.2, 0.25) is 0 Å². The molecule has 3 N–H and O–H groups in total. The molecule has 0 atom stereocenters. The summed E-state index contributed by atoms with van der Waals surface area (Å²) in [4.78, 5) is 19.1. The van der Waals surface area contributed by atoms with Crippen LogP contribution in [-0.2, 0) is 9.63 Å². The fraction of sp³-hybridized carbons (Fsp3) is 0. The quantitative estimate of drug-likeness (QED) is 0.299. The number of rotatable bonds is 4. The van der Waals surface area contributed by atoms with Crippen LogP contribution in [0.4, 0.5) is 0 Å². The smallest absolute Gasteiger partial charge is 0.358 e. The summed E-state index contributed by atoms with van der Waals surface area (Å²) in [5.41, 5.74) is 7.14. The molecule has 5 nitrogen and oxygen atoms in total. The summed E-state index contributed by atoms with van der Waals surface area (Å²) in [6, 6.07) is 14.7. The van der Waals surface area contributed by atoms with Crippen molar-refractivity contribution in [2.24, 2.45) is 10.9 Å². The van der Waals surface area contributed by atoms with Gasteiger partial charge in [-0.25, -0.2) is 9.78 Å². The van der Waals surface area contributed by atoms with Gasteiger partial charge in [0.1, 0.15) is 0 Å². The number of amidine groups is 1. The third-order valence-electron chi connectivity index (χ3n) is 2.43. The van der Waals surface area contributed by atoms with Crippen LogP contribution < -0.4 is 10.7 Å². The summed E-state index contributed by atoms with van der Waals surface area (Å²) in [6.07, 6.45) is 4.64. The second kappa shape index (κ2) is 6.84. The Bertz CT molecular complexity index is 622. The number of H-pyrrole nitrogens is 1. The van der Waals surface area contributed by atoms with Crippen LogP contribution >= 0.6 is 0 Å². The monoisotopic (exact) mass is 268 g/mol. The lowest BCUT2D eigenvalue weighted by Crippen LogP contribution is -2.24. The van der Waals surface area contributed by atoms with Gasteiger partial charge in [-0.2, -0.15) is 0 Å². The van der Waals surface area contributed by atoms with Crippen molar-refractivity contribution in [3.8, 4) is 0 Å². The van der Waals surface area contributed by atoms with Crippen LogP contribution in [0.15, 0.2) is 66.0 Å². The number of hydrogen-bond donors (Lipinski definition) is 1. The molecule has 0 fully saturated rings. The molecule has 100 valence electrons. The van der Waals surface area contributed by atoms with Crippen molar-refractivity contribution in [3.63, 3.8) is 0 Å². The van der Waals surface area contributed by atoms with E-state index in [0.717, 1.165) is 5.56 Å². The van der Waals surface area contributed by atoms with E-state index in [9.17, 15) is 4.79 Å². The Balaban J connectivity index is 1.94. The first kappa shape index (κ1) is 13.5. The SMILES string of the molecule is NC(=NOC(=O)C=Cc1ccccc1)c1cccc[nH+]1. The van der Waals surface area contributed by atoms with Crippen LogP contribution in [0.3, 0.4) is 0 Å². The highest BCUT2D eigenvalue weighted by atomic mass is 16.7. The molecule has 0 bridgehead atoms. The van der Waals surface area contributed by atoms with E-state index >= 15 is 0 Å². The second-order valence-electron chi connectivity index (χ2n) is 3.91. The topological polar surface area (TPSA) is 78.8 Å².